The first-order valence-corrected chi connectivity index (χ1v) is 5.02. The van der Waals surface area contributed by atoms with Crippen LogP contribution in [0.4, 0.5) is 23.2 Å². The number of methoxy groups -OCH3 is 2. The Morgan fingerprint density at radius 3 is 2.37 bits per heavy atom. The Morgan fingerprint density at radius 2 is 1.89 bits per heavy atom. The van der Waals surface area contributed by atoms with Crippen LogP contribution in [0.2, 0.25) is 0 Å². The highest BCUT2D eigenvalue weighted by Gasteiger charge is 2.49. The Kier molecular flexibility index (Phi) is 4.57. The number of hydrogen-bond donors (Lipinski definition) is 1. The average molecular weight is 281 g/mol. The van der Waals surface area contributed by atoms with Gasteiger partial charge in [0.25, 0.3) is 0 Å². The maximum Gasteiger partial charge on any atom is 0.383 e. The summed E-state index contributed by atoms with van der Waals surface area (Å²) in [5.74, 6) is -6.51. The van der Waals surface area contributed by atoms with Crippen LogP contribution in [0.5, 0.6) is 11.5 Å². The van der Waals surface area contributed by atoms with Crippen LogP contribution < -0.4 is 14.8 Å². The summed E-state index contributed by atoms with van der Waals surface area (Å²) in [5.41, 5.74) is -0.159. The smallest absolute Gasteiger partial charge is 0.383 e. The third-order valence-electron chi connectivity index (χ3n) is 2.23. The number of nitrogens with one attached hydrogen (secondary N) is 1. The topological polar surface area (TPSA) is 47.6 Å². The summed E-state index contributed by atoms with van der Waals surface area (Å²) >= 11 is 0. The van der Waals surface area contributed by atoms with Crippen molar-refractivity contribution in [3.8, 4) is 11.5 Å². The number of benzene rings is 1. The summed E-state index contributed by atoms with van der Waals surface area (Å²) in [6, 6.07) is 3.88. The predicted molar refractivity (Wildman–Crippen MR) is 59.1 cm³/mol. The molecule has 0 fully saturated rings. The zero-order valence-electron chi connectivity index (χ0n) is 10.0. The maximum atomic E-state index is 12.8. The van der Waals surface area contributed by atoms with Crippen molar-refractivity contribution in [3.63, 3.8) is 0 Å². The van der Waals surface area contributed by atoms with E-state index in [1.165, 1.54) is 32.4 Å². The lowest BCUT2D eigenvalue weighted by molar-refractivity contribution is -0.163. The number of rotatable bonds is 5. The summed E-state index contributed by atoms with van der Waals surface area (Å²) in [6.07, 6.45) is -4.09. The van der Waals surface area contributed by atoms with Gasteiger partial charge in [-0.15, -0.1) is 0 Å². The molecule has 0 aliphatic carbocycles. The first-order valence-electron chi connectivity index (χ1n) is 5.02. The van der Waals surface area contributed by atoms with Crippen molar-refractivity contribution in [1.82, 2.24) is 0 Å². The molecule has 0 spiro atoms. The molecule has 0 heterocycles. The highest BCUT2D eigenvalue weighted by Crippen LogP contribution is 2.31. The third-order valence-corrected chi connectivity index (χ3v) is 2.23. The zero-order chi connectivity index (χ0) is 14.6. The van der Waals surface area contributed by atoms with E-state index in [9.17, 15) is 22.4 Å². The number of alkyl halides is 4. The van der Waals surface area contributed by atoms with Gasteiger partial charge in [0.2, 0.25) is 0 Å². The second-order valence-corrected chi connectivity index (χ2v) is 3.44. The minimum Gasteiger partial charge on any atom is -0.497 e. The minimum absolute atomic E-state index is 0.0118. The SMILES string of the molecule is COc1ccc(NC(=O)C(F)(F)C(F)F)c(OC)c1. The summed E-state index contributed by atoms with van der Waals surface area (Å²) in [5, 5.41) is 1.68. The zero-order valence-corrected chi connectivity index (χ0v) is 10.0. The van der Waals surface area contributed by atoms with Crippen LogP contribution in [0.15, 0.2) is 18.2 Å². The van der Waals surface area contributed by atoms with E-state index >= 15 is 0 Å². The number of ether oxygens (including phenoxy) is 2. The predicted octanol–water partition coefficient (Wildman–Crippen LogP) is 2.54. The van der Waals surface area contributed by atoms with Gasteiger partial charge in [-0.05, 0) is 12.1 Å². The number of carbonyl (C=O) groups is 1. The van der Waals surface area contributed by atoms with E-state index in [4.69, 9.17) is 9.47 Å². The fourth-order valence-corrected chi connectivity index (χ4v) is 1.21. The molecule has 0 aliphatic rings. The van der Waals surface area contributed by atoms with Gasteiger partial charge in [0.15, 0.2) is 0 Å². The molecule has 0 saturated heterocycles. The van der Waals surface area contributed by atoms with Crippen LogP contribution in [0.3, 0.4) is 0 Å². The van der Waals surface area contributed by atoms with Gasteiger partial charge in [0.1, 0.15) is 11.5 Å². The first-order chi connectivity index (χ1) is 8.82. The lowest BCUT2D eigenvalue weighted by Crippen LogP contribution is -2.41. The Hall–Kier alpha value is -1.99. The summed E-state index contributed by atoms with van der Waals surface area (Å²) in [7, 11) is 2.60. The largest absolute Gasteiger partial charge is 0.497 e. The van der Waals surface area contributed by atoms with Crippen LogP contribution in [0, 0.1) is 0 Å². The third kappa shape index (κ3) is 3.27. The molecule has 0 unspecified atom stereocenters. The van der Waals surface area contributed by atoms with Gasteiger partial charge in [-0.2, -0.15) is 8.78 Å². The number of hydrogen-bond acceptors (Lipinski definition) is 3. The fraction of sp³-hybridized carbons (Fsp3) is 0.364. The maximum absolute atomic E-state index is 12.8. The molecule has 8 heteroatoms. The van der Waals surface area contributed by atoms with Gasteiger partial charge in [-0.1, -0.05) is 0 Å². The standard InChI is InChI=1S/C11H11F4NO3/c1-18-6-3-4-7(8(5-6)19-2)16-10(17)11(14,15)9(12)13/h3-5,9H,1-2H3,(H,16,17). The van der Waals surface area contributed by atoms with Crippen LogP contribution in [0.1, 0.15) is 0 Å². The second kappa shape index (κ2) is 5.77. The molecule has 1 amide bonds. The minimum atomic E-state index is -4.77. The Bertz CT molecular complexity index is 465. The van der Waals surface area contributed by atoms with E-state index in [0.29, 0.717) is 5.75 Å². The normalized spacial score (nSPS) is 11.3. The molecule has 106 valence electrons. The van der Waals surface area contributed by atoms with Gasteiger partial charge in [-0.3, -0.25) is 4.79 Å². The quantitative estimate of drug-likeness (QED) is 0.844. The van der Waals surface area contributed by atoms with E-state index in [1.807, 2.05) is 0 Å². The molecule has 0 radical (unpaired) electrons. The Labute approximate surface area is 106 Å². The van der Waals surface area contributed by atoms with E-state index < -0.39 is 18.3 Å². The lowest BCUT2D eigenvalue weighted by atomic mass is 10.2. The highest BCUT2D eigenvalue weighted by molar-refractivity contribution is 5.97. The summed E-state index contributed by atoms with van der Waals surface area (Å²) in [4.78, 5) is 11.1. The second-order valence-electron chi connectivity index (χ2n) is 3.44. The molecule has 1 aromatic rings. The highest BCUT2D eigenvalue weighted by atomic mass is 19.3. The molecule has 0 aliphatic heterocycles. The van der Waals surface area contributed by atoms with Crippen LogP contribution in [-0.2, 0) is 4.79 Å². The monoisotopic (exact) mass is 281 g/mol. The number of anilines is 1. The van der Waals surface area contributed by atoms with Gasteiger partial charge in [0, 0.05) is 6.07 Å². The van der Waals surface area contributed by atoms with E-state index in [0.717, 1.165) is 0 Å². The van der Waals surface area contributed by atoms with E-state index in [-0.39, 0.29) is 11.4 Å². The van der Waals surface area contributed by atoms with Crippen molar-refractivity contribution in [3.05, 3.63) is 18.2 Å². The molecule has 0 bridgehead atoms. The van der Waals surface area contributed by atoms with Gasteiger partial charge in [0.05, 0.1) is 19.9 Å². The Morgan fingerprint density at radius 1 is 1.26 bits per heavy atom. The molecule has 19 heavy (non-hydrogen) atoms. The molecular weight excluding hydrogens is 270 g/mol. The lowest BCUT2D eigenvalue weighted by Gasteiger charge is -2.16. The van der Waals surface area contributed by atoms with Crippen LogP contribution in [-0.4, -0.2) is 32.5 Å². The molecular formula is C11H11F4NO3. The molecule has 4 nitrogen and oxygen atoms in total. The first kappa shape index (κ1) is 15.1. The van der Waals surface area contributed by atoms with E-state index in [2.05, 4.69) is 0 Å². The van der Waals surface area contributed by atoms with Gasteiger partial charge in [-0.25, -0.2) is 8.78 Å². The van der Waals surface area contributed by atoms with Crippen molar-refractivity contribution >= 4 is 11.6 Å². The van der Waals surface area contributed by atoms with Crippen molar-refractivity contribution in [2.75, 3.05) is 19.5 Å². The average Bonchev–Trinajstić information content (AvgIpc) is 2.38. The van der Waals surface area contributed by atoms with Crippen molar-refractivity contribution in [1.29, 1.82) is 0 Å². The van der Waals surface area contributed by atoms with Crippen molar-refractivity contribution < 1.29 is 31.8 Å². The molecule has 1 aromatic carbocycles. The van der Waals surface area contributed by atoms with Gasteiger partial charge < -0.3 is 14.8 Å². The molecule has 1 N–H and O–H groups in total. The Balaban J connectivity index is 2.97. The molecule has 0 aromatic heterocycles. The van der Waals surface area contributed by atoms with Crippen molar-refractivity contribution in [2.45, 2.75) is 12.3 Å². The number of carbonyl (C=O) groups excluding carboxylic acids is 1. The molecule has 1 rings (SSSR count). The number of amides is 1. The van der Waals surface area contributed by atoms with Gasteiger partial charge >= 0.3 is 18.3 Å². The van der Waals surface area contributed by atoms with Crippen molar-refractivity contribution in [2.24, 2.45) is 0 Å². The molecule has 0 saturated carbocycles. The van der Waals surface area contributed by atoms with Crippen LogP contribution in [0.25, 0.3) is 0 Å². The summed E-state index contributed by atoms with van der Waals surface area (Å²) in [6.45, 7) is 0. The van der Waals surface area contributed by atoms with Crippen LogP contribution >= 0.6 is 0 Å². The molecule has 0 atom stereocenters. The van der Waals surface area contributed by atoms with E-state index in [1.54, 1.807) is 5.32 Å². The fourth-order valence-electron chi connectivity index (χ4n) is 1.21. The summed E-state index contributed by atoms with van der Waals surface area (Å²) < 4.78 is 59.3. The number of halogens is 4.